The first-order chi connectivity index (χ1) is 18.2. The standard InChI is InChI=1S/C30H37Cl2NO5S/c1-5-29(2,3)39(37,38)18-25(19-9-10-19)33-27(20-11-13-22(31)14-12-20)24(21-7-6-8-23(32)15-21)16-30(4,28(33)36)17-26(34)35/h6-8,11-15,19,24-25,27H,5,9-10,16-18H2,1-4H3,(H,34,35). The Hall–Kier alpha value is -2.09. The van der Waals surface area contributed by atoms with Crippen LogP contribution in [0.2, 0.25) is 10.0 Å². The van der Waals surface area contributed by atoms with Crippen molar-refractivity contribution in [1.82, 2.24) is 4.90 Å². The van der Waals surface area contributed by atoms with Crippen LogP contribution in [-0.2, 0) is 19.4 Å². The SMILES string of the molecule is CCC(C)(C)S(=O)(=O)CC(C1CC1)N1C(=O)C(C)(CC(=O)O)CC(c2cccc(Cl)c2)C1c1ccc(Cl)cc1. The van der Waals surface area contributed by atoms with Crippen LogP contribution in [0.15, 0.2) is 48.5 Å². The first kappa shape index (κ1) is 29.9. The van der Waals surface area contributed by atoms with Crippen molar-refractivity contribution in [2.75, 3.05) is 5.75 Å². The number of rotatable bonds is 10. The molecule has 1 aliphatic carbocycles. The lowest BCUT2D eigenvalue weighted by Gasteiger charge is -2.52. The average Bonchev–Trinajstić information content (AvgIpc) is 3.70. The molecule has 39 heavy (non-hydrogen) atoms. The zero-order valence-corrected chi connectivity index (χ0v) is 25.2. The summed E-state index contributed by atoms with van der Waals surface area (Å²) in [5, 5.41) is 10.9. The molecule has 1 heterocycles. The molecule has 212 valence electrons. The van der Waals surface area contributed by atoms with Crippen molar-refractivity contribution in [3.05, 3.63) is 69.7 Å². The number of likely N-dealkylation sites (tertiary alicyclic amines) is 1. The van der Waals surface area contributed by atoms with Crippen LogP contribution in [0.25, 0.3) is 0 Å². The van der Waals surface area contributed by atoms with E-state index < -0.39 is 38.1 Å². The van der Waals surface area contributed by atoms with E-state index >= 15 is 0 Å². The van der Waals surface area contributed by atoms with Crippen molar-refractivity contribution < 1.29 is 23.1 Å². The van der Waals surface area contributed by atoms with Crippen molar-refractivity contribution in [2.24, 2.45) is 11.3 Å². The number of nitrogens with zero attached hydrogens (tertiary/aromatic N) is 1. The van der Waals surface area contributed by atoms with Crippen LogP contribution in [0, 0.1) is 11.3 Å². The lowest BCUT2D eigenvalue weighted by atomic mass is 9.67. The van der Waals surface area contributed by atoms with E-state index in [0.717, 1.165) is 24.0 Å². The summed E-state index contributed by atoms with van der Waals surface area (Å²) in [7, 11) is -3.60. The van der Waals surface area contributed by atoms with E-state index in [-0.39, 0.29) is 36.3 Å². The molecule has 2 aromatic carbocycles. The van der Waals surface area contributed by atoms with Gasteiger partial charge in [0.2, 0.25) is 5.91 Å². The number of piperidine rings is 1. The molecule has 0 radical (unpaired) electrons. The molecular weight excluding hydrogens is 557 g/mol. The van der Waals surface area contributed by atoms with Crippen LogP contribution < -0.4 is 0 Å². The van der Waals surface area contributed by atoms with Crippen LogP contribution in [0.4, 0.5) is 0 Å². The maximum atomic E-state index is 14.5. The summed E-state index contributed by atoms with van der Waals surface area (Å²) in [6.07, 6.45) is 2.02. The predicted octanol–water partition coefficient (Wildman–Crippen LogP) is 6.91. The molecule has 1 aliphatic heterocycles. The molecule has 4 atom stereocenters. The second-order valence-corrected chi connectivity index (χ2v) is 15.5. The number of aliphatic carboxylic acids is 1. The van der Waals surface area contributed by atoms with Gasteiger partial charge in [0.05, 0.1) is 28.4 Å². The van der Waals surface area contributed by atoms with E-state index in [2.05, 4.69) is 0 Å². The van der Waals surface area contributed by atoms with Gasteiger partial charge in [-0.15, -0.1) is 0 Å². The van der Waals surface area contributed by atoms with Gasteiger partial charge in [-0.1, -0.05) is 61.3 Å². The highest BCUT2D eigenvalue weighted by molar-refractivity contribution is 7.92. The molecule has 2 aliphatic rings. The van der Waals surface area contributed by atoms with Crippen molar-refractivity contribution >= 4 is 44.9 Å². The normalized spacial score (nSPS) is 25.0. The quantitative estimate of drug-likeness (QED) is 0.323. The fourth-order valence-electron chi connectivity index (χ4n) is 5.84. The van der Waals surface area contributed by atoms with Crippen LogP contribution in [0.1, 0.15) is 82.9 Å². The number of hydrogen-bond donors (Lipinski definition) is 1. The number of carbonyl (C=O) groups excluding carboxylic acids is 1. The summed E-state index contributed by atoms with van der Waals surface area (Å²) in [6, 6.07) is 13.6. The molecule has 0 aromatic heterocycles. The largest absolute Gasteiger partial charge is 0.481 e. The zero-order valence-electron chi connectivity index (χ0n) is 22.9. The predicted molar refractivity (Wildman–Crippen MR) is 155 cm³/mol. The van der Waals surface area contributed by atoms with Gasteiger partial charge in [0.15, 0.2) is 9.84 Å². The molecule has 9 heteroatoms. The highest BCUT2D eigenvalue weighted by Gasteiger charge is 2.55. The minimum atomic E-state index is -3.60. The Morgan fingerprint density at radius 1 is 1.10 bits per heavy atom. The van der Waals surface area contributed by atoms with Crippen LogP contribution in [0.3, 0.4) is 0 Å². The number of carbonyl (C=O) groups is 2. The molecular formula is C30H37Cl2NO5S. The minimum absolute atomic E-state index is 0.0263. The van der Waals surface area contributed by atoms with E-state index in [0.29, 0.717) is 16.5 Å². The van der Waals surface area contributed by atoms with E-state index in [1.807, 2.05) is 37.3 Å². The number of sulfone groups is 1. The first-order valence-electron chi connectivity index (χ1n) is 13.5. The summed E-state index contributed by atoms with van der Waals surface area (Å²) in [4.78, 5) is 28.2. The lowest BCUT2D eigenvalue weighted by molar-refractivity contribution is -0.160. The average molecular weight is 595 g/mol. The third-order valence-corrected chi connectivity index (χ3v) is 12.0. The van der Waals surface area contributed by atoms with E-state index in [1.165, 1.54) is 0 Å². The molecule has 1 saturated carbocycles. The van der Waals surface area contributed by atoms with Crippen molar-refractivity contribution in [3.63, 3.8) is 0 Å². The van der Waals surface area contributed by atoms with Crippen molar-refractivity contribution in [2.45, 2.75) is 82.5 Å². The summed E-state index contributed by atoms with van der Waals surface area (Å²) in [5.74, 6) is -1.83. The Morgan fingerprint density at radius 2 is 1.74 bits per heavy atom. The fraction of sp³-hybridized carbons (Fsp3) is 0.533. The van der Waals surface area contributed by atoms with Crippen LogP contribution >= 0.6 is 23.2 Å². The molecule has 1 amide bonds. The molecule has 1 saturated heterocycles. The van der Waals surface area contributed by atoms with E-state index in [9.17, 15) is 23.1 Å². The highest BCUT2D eigenvalue weighted by atomic mass is 35.5. The molecule has 0 bridgehead atoms. The smallest absolute Gasteiger partial charge is 0.304 e. The van der Waals surface area contributed by atoms with Crippen LogP contribution in [0.5, 0.6) is 0 Å². The van der Waals surface area contributed by atoms with Gasteiger partial charge in [0, 0.05) is 22.0 Å². The molecule has 2 fully saturated rings. The molecule has 2 aromatic rings. The Morgan fingerprint density at radius 3 is 2.28 bits per heavy atom. The second kappa shape index (κ2) is 11.1. The number of halogens is 2. The molecule has 0 spiro atoms. The van der Waals surface area contributed by atoms with E-state index in [1.54, 1.807) is 43.9 Å². The maximum Gasteiger partial charge on any atom is 0.304 e. The number of carboxylic acids is 1. The minimum Gasteiger partial charge on any atom is -0.481 e. The Kier molecular flexibility index (Phi) is 8.47. The topological polar surface area (TPSA) is 91.8 Å². The molecule has 4 unspecified atom stereocenters. The van der Waals surface area contributed by atoms with Crippen molar-refractivity contribution in [3.8, 4) is 0 Å². The summed E-state index contributed by atoms with van der Waals surface area (Å²) in [6.45, 7) is 7.00. The Balaban J connectivity index is 1.93. The van der Waals surface area contributed by atoms with Crippen LogP contribution in [-0.4, -0.2) is 46.8 Å². The van der Waals surface area contributed by atoms with Gasteiger partial charge in [-0.3, -0.25) is 9.59 Å². The Bertz CT molecular complexity index is 1340. The highest BCUT2D eigenvalue weighted by Crippen LogP contribution is 2.54. The first-order valence-corrected chi connectivity index (χ1v) is 15.9. The summed E-state index contributed by atoms with van der Waals surface area (Å²) >= 11 is 12.6. The van der Waals surface area contributed by atoms with Gasteiger partial charge < -0.3 is 10.0 Å². The van der Waals surface area contributed by atoms with Gasteiger partial charge in [-0.05, 0) is 80.8 Å². The Labute approximate surface area is 241 Å². The maximum absolute atomic E-state index is 14.5. The second-order valence-electron chi connectivity index (χ2n) is 12.0. The van der Waals surface area contributed by atoms with Gasteiger partial charge in [-0.2, -0.15) is 0 Å². The zero-order chi connectivity index (χ0) is 28.8. The molecule has 6 nitrogen and oxygen atoms in total. The summed E-state index contributed by atoms with van der Waals surface area (Å²) in [5.41, 5.74) is 0.481. The number of carboxylic acid groups (broad SMARTS) is 1. The van der Waals surface area contributed by atoms with Gasteiger partial charge in [0.25, 0.3) is 0 Å². The van der Waals surface area contributed by atoms with Crippen molar-refractivity contribution in [1.29, 1.82) is 0 Å². The third kappa shape index (κ3) is 6.15. The lowest BCUT2D eigenvalue weighted by Crippen LogP contribution is -2.58. The monoisotopic (exact) mass is 593 g/mol. The number of hydrogen-bond acceptors (Lipinski definition) is 4. The molecule has 1 N–H and O–H groups in total. The van der Waals surface area contributed by atoms with Gasteiger partial charge in [-0.25, -0.2) is 8.42 Å². The van der Waals surface area contributed by atoms with Gasteiger partial charge >= 0.3 is 5.97 Å². The fourth-order valence-corrected chi connectivity index (χ4v) is 7.94. The van der Waals surface area contributed by atoms with E-state index in [4.69, 9.17) is 23.2 Å². The van der Waals surface area contributed by atoms with Gasteiger partial charge in [0.1, 0.15) is 0 Å². The molecule has 4 rings (SSSR count). The summed E-state index contributed by atoms with van der Waals surface area (Å²) < 4.78 is 26.5. The number of benzene rings is 2. The number of amides is 1. The third-order valence-electron chi connectivity index (χ3n) is 8.74.